The molecule has 0 heterocycles. The summed E-state index contributed by atoms with van der Waals surface area (Å²) in [5.74, 6) is -1.43. The van der Waals surface area contributed by atoms with Gasteiger partial charge in [-0.3, -0.25) is 0 Å². The van der Waals surface area contributed by atoms with Crippen LogP contribution in [0.25, 0.3) is 0 Å². The van der Waals surface area contributed by atoms with Gasteiger partial charge in [0, 0.05) is 13.5 Å². The smallest absolute Gasteiger partial charge is 0.416 e. The summed E-state index contributed by atoms with van der Waals surface area (Å²) in [4.78, 5) is 11.5. The highest BCUT2D eigenvalue weighted by atomic mass is 19.4. The third kappa shape index (κ3) is 3.35. The average molecular weight is 269 g/mol. The van der Waals surface area contributed by atoms with Crippen LogP contribution in [0, 0.1) is 0 Å². The number of carbonyl (C=O) groups excluding carboxylic acids is 1. The highest BCUT2D eigenvalue weighted by molar-refractivity contribution is 5.81. The largest absolute Gasteiger partial charge is 0.461 e. The molecule has 0 radical (unpaired) electrons. The Labute approximate surface area is 104 Å². The van der Waals surface area contributed by atoms with Gasteiger partial charge < -0.3 is 15.2 Å². The molecule has 7 heteroatoms. The van der Waals surface area contributed by atoms with Crippen LogP contribution in [0.1, 0.15) is 32.6 Å². The van der Waals surface area contributed by atoms with Gasteiger partial charge in [0.25, 0.3) is 0 Å². The Kier molecular flexibility index (Phi) is 4.61. The molecule has 1 aliphatic rings. The predicted octanol–water partition coefficient (Wildman–Crippen LogP) is 1.77. The summed E-state index contributed by atoms with van der Waals surface area (Å²) < 4.78 is 47.6. The molecule has 2 N–H and O–H groups in total. The lowest BCUT2D eigenvalue weighted by molar-refractivity contribution is -0.206. The molecule has 0 spiro atoms. The Morgan fingerprint density at radius 1 is 1.28 bits per heavy atom. The van der Waals surface area contributed by atoms with Crippen molar-refractivity contribution >= 4 is 5.97 Å². The fourth-order valence-corrected chi connectivity index (χ4v) is 1.81. The number of rotatable bonds is 3. The van der Waals surface area contributed by atoms with E-state index in [1.54, 1.807) is 0 Å². The molecule has 1 aliphatic carbocycles. The molecule has 3 atom stereocenters. The fraction of sp³-hybridized carbons (Fsp3) is 0.909. The zero-order valence-corrected chi connectivity index (χ0v) is 10.4. The van der Waals surface area contributed by atoms with Crippen LogP contribution in [-0.4, -0.2) is 37.0 Å². The molecule has 0 aromatic rings. The number of hydrogen-bond donors (Lipinski definition) is 1. The molecule has 4 nitrogen and oxygen atoms in total. The molecular formula is C11H18F3NO3. The number of halogens is 3. The Balaban J connectivity index is 2.59. The number of methoxy groups -OCH3 is 1. The topological polar surface area (TPSA) is 61.5 Å². The summed E-state index contributed by atoms with van der Waals surface area (Å²) in [6, 6.07) is 0. The first-order valence-electron chi connectivity index (χ1n) is 5.78. The van der Waals surface area contributed by atoms with E-state index in [-0.39, 0.29) is 6.10 Å². The van der Waals surface area contributed by atoms with Gasteiger partial charge in [-0.1, -0.05) is 0 Å². The van der Waals surface area contributed by atoms with Crippen molar-refractivity contribution in [1.82, 2.24) is 0 Å². The normalized spacial score (nSPS) is 28.6. The second-order valence-corrected chi connectivity index (χ2v) is 4.75. The van der Waals surface area contributed by atoms with Crippen molar-refractivity contribution in [3.63, 3.8) is 0 Å². The third-order valence-corrected chi connectivity index (χ3v) is 3.20. The Hall–Kier alpha value is -0.820. The molecule has 0 aliphatic heterocycles. The van der Waals surface area contributed by atoms with Crippen molar-refractivity contribution in [3.05, 3.63) is 0 Å². The van der Waals surface area contributed by atoms with Crippen LogP contribution < -0.4 is 5.73 Å². The van der Waals surface area contributed by atoms with Crippen LogP contribution in [-0.2, 0) is 14.3 Å². The van der Waals surface area contributed by atoms with Crippen molar-refractivity contribution in [2.45, 2.75) is 56.5 Å². The van der Waals surface area contributed by atoms with Gasteiger partial charge in [-0.25, -0.2) is 4.79 Å². The van der Waals surface area contributed by atoms with Crippen LogP contribution in [0.3, 0.4) is 0 Å². The number of hydrogen-bond acceptors (Lipinski definition) is 4. The zero-order valence-electron chi connectivity index (χ0n) is 10.4. The third-order valence-electron chi connectivity index (χ3n) is 3.20. The van der Waals surface area contributed by atoms with Gasteiger partial charge in [0.05, 0.1) is 6.10 Å². The van der Waals surface area contributed by atoms with E-state index >= 15 is 0 Å². The summed E-state index contributed by atoms with van der Waals surface area (Å²) in [5.41, 5.74) is 2.03. The first-order chi connectivity index (χ1) is 8.18. The van der Waals surface area contributed by atoms with E-state index in [1.807, 2.05) is 0 Å². The maximum atomic E-state index is 12.5. The molecule has 1 saturated carbocycles. The first-order valence-corrected chi connectivity index (χ1v) is 5.78. The van der Waals surface area contributed by atoms with Crippen molar-refractivity contribution in [2.24, 2.45) is 5.73 Å². The molecule has 0 amide bonds. The SMILES string of the molecule is COC1CCCC(OC(=O)C(C)(N)C(F)(F)F)C1. The standard InChI is InChI=1S/C11H18F3NO3/c1-10(15,11(12,13)14)9(16)18-8-5-3-4-7(6-8)17-2/h7-8H,3-6,15H2,1-2H3. The Morgan fingerprint density at radius 2 is 1.83 bits per heavy atom. The van der Waals surface area contributed by atoms with E-state index in [0.717, 1.165) is 12.8 Å². The van der Waals surface area contributed by atoms with Crippen molar-refractivity contribution in [3.8, 4) is 0 Å². The van der Waals surface area contributed by atoms with Crippen LogP contribution in [0.2, 0.25) is 0 Å². The summed E-state index contributed by atoms with van der Waals surface area (Å²) in [6.45, 7) is 0.617. The minimum atomic E-state index is -4.82. The second kappa shape index (κ2) is 5.44. The van der Waals surface area contributed by atoms with E-state index in [4.69, 9.17) is 15.2 Å². The minimum Gasteiger partial charge on any atom is -0.461 e. The molecule has 0 bridgehead atoms. The monoisotopic (exact) mass is 269 g/mol. The highest BCUT2D eigenvalue weighted by Gasteiger charge is 2.55. The van der Waals surface area contributed by atoms with E-state index in [9.17, 15) is 18.0 Å². The van der Waals surface area contributed by atoms with Gasteiger partial charge in [0.15, 0.2) is 0 Å². The quantitative estimate of drug-likeness (QED) is 0.793. The predicted molar refractivity (Wildman–Crippen MR) is 57.8 cm³/mol. The van der Waals surface area contributed by atoms with Gasteiger partial charge in [0.1, 0.15) is 6.10 Å². The van der Waals surface area contributed by atoms with E-state index in [0.29, 0.717) is 19.8 Å². The molecule has 0 saturated heterocycles. The van der Waals surface area contributed by atoms with E-state index in [2.05, 4.69) is 0 Å². The maximum absolute atomic E-state index is 12.5. The molecule has 0 aromatic carbocycles. The lowest BCUT2D eigenvalue weighted by Gasteiger charge is -2.31. The van der Waals surface area contributed by atoms with E-state index < -0.39 is 23.8 Å². The first kappa shape index (κ1) is 15.2. The Bertz CT molecular complexity index is 304. The summed E-state index contributed by atoms with van der Waals surface area (Å²) >= 11 is 0. The van der Waals surface area contributed by atoms with Gasteiger partial charge in [-0.05, 0) is 26.2 Å². The molecule has 18 heavy (non-hydrogen) atoms. The van der Waals surface area contributed by atoms with Crippen molar-refractivity contribution < 1.29 is 27.4 Å². The molecule has 0 aromatic heterocycles. The van der Waals surface area contributed by atoms with Crippen LogP contribution >= 0.6 is 0 Å². The average Bonchev–Trinajstić information content (AvgIpc) is 2.27. The van der Waals surface area contributed by atoms with E-state index in [1.165, 1.54) is 7.11 Å². The molecular weight excluding hydrogens is 251 g/mol. The molecule has 3 unspecified atom stereocenters. The number of esters is 1. The lowest BCUT2D eigenvalue weighted by atomic mass is 9.94. The van der Waals surface area contributed by atoms with Crippen molar-refractivity contribution in [1.29, 1.82) is 0 Å². The number of nitrogens with two attached hydrogens (primary N) is 1. The van der Waals surface area contributed by atoms with Gasteiger partial charge in [0.2, 0.25) is 5.54 Å². The second-order valence-electron chi connectivity index (χ2n) is 4.75. The summed E-state index contributed by atoms with van der Waals surface area (Å²) in [5, 5.41) is 0. The van der Waals surface area contributed by atoms with Gasteiger partial charge in [-0.2, -0.15) is 13.2 Å². The highest BCUT2D eigenvalue weighted by Crippen LogP contribution is 2.31. The van der Waals surface area contributed by atoms with Gasteiger partial charge in [-0.15, -0.1) is 0 Å². The van der Waals surface area contributed by atoms with Crippen LogP contribution in [0.5, 0.6) is 0 Å². The number of carbonyl (C=O) groups is 1. The number of ether oxygens (including phenoxy) is 2. The summed E-state index contributed by atoms with van der Waals surface area (Å²) in [7, 11) is 1.53. The minimum absolute atomic E-state index is 0.0773. The maximum Gasteiger partial charge on any atom is 0.416 e. The fourth-order valence-electron chi connectivity index (χ4n) is 1.81. The Morgan fingerprint density at radius 3 is 2.33 bits per heavy atom. The van der Waals surface area contributed by atoms with Crippen LogP contribution in [0.4, 0.5) is 13.2 Å². The molecule has 1 rings (SSSR count). The molecule has 106 valence electrons. The van der Waals surface area contributed by atoms with Crippen molar-refractivity contribution in [2.75, 3.05) is 7.11 Å². The zero-order chi connectivity index (χ0) is 14.0. The van der Waals surface area contributed by atoms with Crippen LogP contribution in [0.15, 0.2) is 0 Å². The lowest BCUT2D eigenvalue weighted by Crippen LogP contribution is -2.58. The molecule has 1 fully saturated rings. The van der Waals surface area contributed by atoms with Gasteiger partial charge >= 0.3 is 12.1 Å². The number of alkyl halides is 3. The summed E-state index contributed by atoms with van der Waals surface area (Å²) in [6.07, 6.45) is -2.92.